The number of amides is 3. The molecule has 0 unspecified atom stereocenters. The van der Waals surface area contributed by atoms with Crippen LogP contribution < -0.4 is 5.73 Å². The van der Waals surface area contributed by atoms with E-state index < -0.39 is 36.0 Å². The Morgan fingerprint density at radius 2 is 1.88 bits per heavy atom. The minimum atomic E-state index is -0.948. The van der Waals surface area contributed by atoms with Crippen molar-refractivity contribution in [3.05, 3.63) is 0 Å². The van der Waals surface area contributed by atoms with Crippen LogP contribution in [-0.2, 0) is 19.1 Å². The molecule has 0 aromatic rings. The first-order valence-electron chi connectivity index (χ1n) is 5.21. The zero-order valence-electron chi connectivity index (χ0n) is 9.10. The lowest BCUT2D eigenvalue weighted by atomic mass is 10.0. The molecule has 1 N–H and O–H groups in total. The summed E-state index contributed by atoms with van der Waals surface area (Å²) in [4.78, 5) is 35.3. The van der Waals surface area contributed by atoms with Gasteiger partial charge < -0.3 is 4.74 Å². The third-order valence-electron chi connectivity index (χ3n) is 2.76. The summed E-state index contributed by atoms with van der Waals surface area (Å²) >= 11 is 0. The van der Waals surface area contributed by atoms with Crippen LogP contribution in [0, 0.1) is 5.92 Å². The molecular weight excluding hydrogens is 212 g/mol. The van der Waals surface area contributed by atoms with Crippen LogP contribution in [0.25, 0.3) is 0 Å². The summed E-state index contributed by atoms with van der Waals surface area (Å²) in [6, 6.07) is -0.948. The molecule has 0 saturated carbocycles. The molecule has 0 bridgehead atoms. The normalized spacial score (nSPS) is 29.6. The first-order chi connectivity index (χ1) is 7.43. The number of imide groups is 1. The van der Waals surface area contributed by atoms with E-state index in [-0.39, 0.29) is 5.92 Å². The maximum absolute atomic E-state index is 11.6. The number of morpholine rings is 1. The second kappa shape index (κ2) is 3.55. The summed E-state index contributed by atoms with van der Waals surface area (Å²) in [5, 5.41) is 0. The van der Waals surface area contributed by atoms with Crippen molar-refractivity contribution < 1.29 is 19.1 Å². The summed E-state index contributed by atoms with van der Waals surface area (Å²) in [7, 11) is 0. The lowest BCUT2D eigenvalue weighted by molar-refractivity contribution is -0.152. The Labute approximate surface area is 92.7 Å². The molecule has 6 heteroatoms. The van der Waals surface area contributed by atoms with Gasteiger partial charge >= 0.3 is 0 Å². The summed E-state index contributed by atoms with van der Waals surface area (Å²) < 4.78 is 4.83. The fraction of sp³-hybridized carbons (Fsp3) is 0.700. The molecule has 0 spiro atoms. The maximum atomic E-state index is 11.6. The van der Waals surface area contributed by atoms with Crippen LogP contribution in [0.15, 0.2) is 0 Å². The first kappa shape index (κ1) is 11.1. The monoisotopic (exact) mass is 225 g/mol. The van der Waals surface area contributed by atoms with E-state index in [9.17, 15) is 14.4 Å². The maximum Gasteiger partial charge on any atom is 0.262 e. The van der Waals surface area contributed by atoms with Gasteiger partial charge in [0, 0.05) is 0 Å². The molecule has 3 amide bonds. The number of carbonyl (C=O) groups is 3. The number of nitrogens with zero attached hydrogens (tertiary/aromatic N) is 1. The summed E-state index contributed by atoms with van der Waals surface area (Å²) in [6.07, 6.45) is -1.05. The molecule has 2 aliphatic rings. The molecule has 2 rings (SSSR count). The van der Waals surface area contributed by atoms with Gasteiger partial charge in [-0.25, -0.2) is 0 Å². The zero-order chi connectivity index (χ0) is 12.0. The van der Waals surface area contributed by atoms with Gasteiger partial charge in [0.25, 0.3) is 17.7 Å². The largest absolute Gasteiger partial charge is 0.349 e. The van der Waals surface area contributed by atoms with Gasteiger partial charge in [-0.15, -0.1) is 0 Å². The second-order valence-corrected chi connectivity index (χ2v) is 4.53. The topological polar surface area (TPSA) is 90.8 Å². The van der Waals surface area contributed by atoms with Crippen molar-refractivity contribution >= 4 is 17.7 Å². The fourth-order valence-electron chi connectivity index (χ4n) is 1.95. The Hall–Kier alpha value is -1.43. The van der Waals surface area contributed by atoms with Gasteiger partial charge in [0.15, 0.2) is 12.2 Å². The standard InChI is InChI=1S/C10H13N2O4/c1-4(2)3-5(8(11)13)12-9(14)6-7(16-6)10(12)15/h4-7,11H,3H2,1-2H3/t5-,6-,7-/m0/s1. The summed E-state index contributed by atoms with van der Waals surface area (Å²) in [6.45, 7) is 3.75. The highest BCUT2D eigenvalue weighted by Crippen LogP contribution is 2.35. The molecule has 2 fully saturated rings. The van der Waals surface area contributed by atoms with E-state index >= 15 is 0 Å². The molecule has 1 radical (unpaired) electrons. The second-order valence-electron chi connectivity index (χ2n) is 4.53. The number of carbonyl (C=O) groups excluding carboxylic acids is 3. The van der Waals surface area contributed by atoms with Crippen molar-refractivity contribution in [3.63, 3.8) is 0 Å². The van der Waals surface area contributed by atoms with Crippen LogP contribution in [0.3, 0.4) is 0 Å². The van der Waals surface area contributed by atoms with E-state index in [1.54, 1.807) is 0 Å². The number of ether oxygens (including phenoxy) is 1. The van der Waals surface area contributed by atoms with Crippen LogP contribution in [0.4, 0.5) is 0 Å². The molecule has 2 aliphatic heterocycles. The molecular formula is C10H13N2O4. The van der Waals surface area contributed by atoms with E-state index in [2.05, 4.69) is 0 Å². The number of likely N-dealkylation sites (tertiary alicyclic amines) is 1. The van der Waals surface area contributed by atoms with Gasteiger partial charge in [0.2, 0.25) is 0 Å². The molecule has 0 aliphatic carbocycles. The van der Waals surface area contributed by atoms with Gasteiger partial charge in [0.05, 0.1) is 0 Å². The Morgan fingerprint density at radius 3 is 2.25 bits per heavy atom. The molecule has 87 valence electrons. The third kappa shape index (κ3) is 1.59. The summed E-state index contributed by atoms with van der Waals surface area (Å²) in [5.74, 6) is -1.70. The van der Waals surface area contributed by atoms with Crippen LogP contribution in [0.5, 0.6) is 0 Å². The van der Waals surface area contributed by atoms with E-state index in [0.29, 0.717) is 6.42 Å². The van der Waals surface area contributed by atoms with E-state index in [0.717, 1.165) is 4.90 Å². The van der Waals surface area contributed by atoms with Crippen molar-refractivity contribution in [3.8, 4) is 0 Å². The van der Waals surface area contributed by atoms with Crippen molar-refractivity contribution in [1.29, 1.82) is 0 Å². The number of epoxide rings is 1. The lowest BCUT2D eigenvalue weighted by Gasteiger charge is -2.25. The quantitative estimate of drug-likeness (QED) is 0.469. The van der Waals surface area contributed by atoms with Crippen molar-refractivity contribution in [2.75, 3.05) is 0 Å². The Kier molecular flexibility index (Phi) is 2.46. The molecule has 3 atom stereocenters. The van der Waals surface area contributed by atoms with Gasteiger partial charge in [0.1, 0.15) is 6.04 Å². The number of hydrogen-bond donors (Lipinski definition) is 0. The van der Waals surface area contributed by atoms with Crippen LogP contribution in [0.2, 0.25) is 0 Å². The van der Waals surface area contributed by atoms with E-state index in [1.807, 2.05) is 13.8 Å². The Balaban J connectivity index is 2.17. The smallest absolute Gasteiger partial charge is 0.262 e. The average molecular weight is 225 g/mol. The molecule has 2 saturated heterocycles. The highest BCUT2D eigenvalue weighted by molar-refractivity contribution is 6.13. The summed E-state index contributed by atoms with van der Waals surface area (Å²) in [5.41, 5.74) is 7.13. The lowest BCUT2D eigenvalue weighted by Crippen LogP contribution is -2.48. The fourth-order valence-corrected chi connectivity index (χ4v) is 1.95. The number of nitrogens with one attached hydrogen (secondary N) is 1. The van der Waals surface area contributed by atoms with Gasteiger partial charge in [-0.1, -0.05) is 13.8 Å². The first-order valence-corrected chi connectivity index (χ1v) is 5.21. The third-order valence-corrected chi connectivity index (χ3v) is 2.76. The molecule has 16 heavy (non-hydrogen) atoms. The highest BCUT2D eigenvalue weighted by Gasteiger charge is 2.63. The van der Waals surface area contributed by atoms with Crippen molar-refractivity contribution in [2.24, 2.45) is 5.92 Å². The number of rotatable bonds is 4. The highest BCUT2D eigenvalue weighted by atomic mass is 16.6. The van der Waals surface area contributed by atoms with E-state index in [4.69, 9.17) is 10.5 Å². The van der Waals surface area contributed by atoms with Crippen LogP contribution >= 0.6 is 0 Å². The minimum absolute atomic E-state index is 0.137. The predicted molar refractivity (Wildman–Crippen MR) is 51.9 cm³/mol. The number of hydrogen-bond acceptors (Lipinski definition) is 4. The van der Waals surface area contributed by atoms with Crippen molar-refractivity contribution in [1.82, 2.24) is 10.6 Å². The van der Waals surface area contributed by atoms with Gasteiger partial charge in [-0.3, -0.25) is 25.0 Å². The molecule has 0 aromatic heterocycles. The zero-order valence-corrected chi connectivity index (χ0v) is 9.10. The average Bonchev–Trinajstić information content (AvgIpc) is 2.90. The van der Waals surface area contributed by atoms with E-state index in [1.165, 1.54) is 0 Å². The predicted octanol–water partition coefficient (Wildman–Crippen LogP) is -0.653. The Bertz CT molecular complexity index is 346. The SMILES string of the molecule is CC(C)C[C@@H](C([NH])=O)N1C(=O)[C@H]2O[C@@H]2C1=O. The Morgan fingerprint density at radius 1 is 1.38 bits per heavy atom. The number of fused-ring (bicyclic) bond motifs is 1. The minimum Gasteiger partial charge on any atom is -0.349 e. The van der Waals surface area contributed by atoms with Gasteiger partial charge in [-0.2, -0.15) is 0 Å². The van der Waals surface area contributed by atoms with Gasteiger partial charge in [-0.05, 0) is 12.3 Å². The van der Waals surface area contributed by atoms with Crippen LogP contribution in [-0.4, -0.2) is 40.9 Å². The van der Waals surface area contributed by atoms with Crippen molar-refractivity contribution in [2.45, 2.75) is 38.5 Å². The van der Waals surface area contributed by atoms with Crippen LogP contribution in [0.1, 0.15) is 20.3 Å². The molecule has 6 nitrogen and oxygen atoms in total. The molecule has 0 aromatic carbocycles. The molecule has 2 heterocycles.